The molecule has 1 aromatic carbocycles. The van der Waals surface area contributed by atoms with Crippen LogP contribution in [0.15, 0.2) is 18.2 Å². The maximum absolute atomic E-state index is 6.32. The molecule has 0 amide bonds. The Bertz CT molecular complexity index is 407. The van der Waals surface area contributed by atoms with Crippen LogP contribution in [0.25, 0.3) is 0 Å². The second kappa shape index (κ2) is 4.34. The molecule has 1 N–H and O–H groups in total. The van der Waals surface area contributed by atoms with Gasteiger partial charge in [-0.05, 0) is 57.2 Å². The molecule has 0 radical (unpaired) electrons. The maximum Gasteiger partial charge on any atom is 0.124 e. The summed E-state index contributed by atoms with van der Waals surface area (Å²) < 4.78 is 6.32. The van der Waals surface area contributed by atoms with Crippen molar-refractivity contribution in [2.45, 2.75) is 51.2 Å². The van der Waals surface area contributed by atoms with Gasteiger partial charge in [-0.15, -0.1) is 0 Å². The number of ether oxygens (including phenoxy) is 1. The topological polar surface area (TPSA) is 21.3 Å². The lowest BCUT2D eigenvalue weighted by molar-refractivity contribution is 0.0950. The molecule has 3 rings (SSSR count). The zero-order valence-electron chi connectivity index (χ0n) is 10.6. The van der Waals surface area contributed by atoms with E-state index in [9.17, 15) is 0 Å². The second-order valence-corrected chi connectivity index (χ2v) is 5.58. The fourth-order valence-corrected chi connectivity index (χ4v) is 3.07. The first kappa shape index (κ1) is 11.1. The normalized spacial score (nSPS) is 22.2. The van der Waals surface area contributed by atoms with Crippen molar-refractivity contribution in [1.82, 2.24) is 5.32 Å². The van der Waals surface area contributed by atoms with Crippen LogP contribution >= 0.6 is 0 Å². The molecule has 17 heavy (non-hydrogen) atoms. The van der Waals surface area contributed by atoms with Gasteiger partial charge in [-0.1, -0.05) is 12.1 Å². The van der Waals surface area contributed by atoms with Crippen molar-refractivity contribution in [1.29, 1.82) is 0 Å². The molecule has 1 aliphatic carbocycles. The van der Waals surface area contributed by atoms with E-state index in [1.54, 1.807) is 0 Å². The van der Waals surface area contributed by atoms with Crippen molar-refractivity contribution in [3.05, 3.63) is 29.3 Å². The molecular weight excluding hydrogens is 210 g/mol. The molecule has 2 nitrogen and oxygen atoms in total. The highest BCUT2D eigenvalue weighted by Crippen LogP contribution is 2.36. The highest BCUT2D eigenvalue weighted by Gasteiger charge is 2.31. The SMILES string of the molecule is CC1(Oc2cccc3c2CNCC3)CCCC1. The van der Waals surface area contributed by atoms with Crippen LogP contribution in [0.3, 0.4) is 0 Å². The molecule has 1 heterocycles. The summed E-state index contributed by atoms with van der Waals surface area (Å²) in [6, 6.07) is 6.51. The summed E-state index contributed by atoms with van der Waals surface area (Å²) in [7, 11) is 0. The molecule has 0 spiro atoms. The molecule has 0 atom stereocenters. The molecule has 1 aliphatic heterocycles. The van der Waals surface area contributed by atoms with E-state index in [1.807, 2.05) is 0 Å². The molecule has 0 saturated heterocycles. The number of benzene rings is 1. The molecule has 1 saturated carbocycles. The van der Waals surface area contributed by atoms with Gasteiger partial charge in [-0.3, -0.25) is 0 Å². The van der Waals surface area contributed by atoms with E-state index in [-0.39, 0.29) is 5.60 Å². The van der Waals surface area contributed by atoms with Gasteiger partial charge in [-0.25, -0.2) is 0 Å². The van der Waals surface area contributed by atoms with Crippen molar-refractivity contribution in [2.75, 3.05) is 6.54 Å². The van der Waals surface area contributed by atoms with Crippen molar-refractivity contribution in [3.63, 3.8) is 0 Å². The Morgan fingerprint density at radius 2 is 2.06 bits per heavy atom. The standard InChI is InChI=1S/C15H21NO/c1-15(8-2-3-9-15)17-14-6-4-5-12-7-10-16-11-13(12)14/h4-6,16H,2-3,7-11H2,1H3. The monoisotopic (exact) mass is 231 g/mol. The van der Waals surface area contributed by atoms with E-state index < -0.39 is 0 Å². The average Bonchev–Trinajstić information content (AvgIpc) is 2.76. The van der Waals surface area contributed by atoms with Gasteiger partial charge in [-0.2, -0.15) is 0 Å². The van der Waals surface area contributed by atoms with Crippen LogP contribution in [0.4, 0.5) is 0 Å². The molecule has 92 valence electrons. The predicted molar refractivity (Wildman–Crippen MR) is 69.4 cm³/mol. The molecular formula is C15H21NO. The van der Waals surface area contributed by atoms with Crippen molar-refractivity contribution < 1.29 is 4.74 Å². The van der Waals surface area contributed by atoms with E-state index >= 15 is 0 Å². The molecule has 0 bridgehead atoms. The van der Waals surface area contributed by atoms with E-state index in [2.05, 4.69) is 30.4 Å². The molecule has 0 aromatic heterocycles. The smallest absolute Gasteiger partial charge is 0.124 e. The summed E-state index contributed by atoms with van der Waals surface area (Å²) in [5.41, 5.74) is 2.92. The molecule has 2 aliphatic rings. The van der Waals surface area contributed by atoms with Crippen LogP contribution in [0.1, 0.15) is 43.7 Å². The molecule has 0 unspecified atom stereocenters. The van der Waals surface area contributed by atoms with Crippen LogP contribution in [-0.2, 0) is 13.0 Å². The Morgan fingerprint density at radius 3 is 2.88 bits per heavy atom. The van der Waals surface area contributed by atoms with Crippen LogP contribution in [0, 0.1) is 0 Å². The zero-order chi connectivity index (χ0) is 11.7. The van der Waals surface area contributed by atoms with Gasteiger partial charge in [0.1, 0.15) is 11.4 Å². The lowest BCUT2D eigenvalue weighted by Gasteiger charge is -2.29. The average molecular weight is 231 g/mol. The third-order valence-electron chi connectivity index (χ3n) is 4.12. The van der Waals surface area contributed by atoms with Gasteiger partial charge in [0.25, 0.3) is 0 Å². The minimum atomic E-state index is 0.0760. The van der Waals surface area contributed by atoms with Gasteiger partial charge in [0.2, 0.25) is 0 Å². The summed E-state index contributed by atoms with van der Waals surface area (Å²) in [6.07, 6.45) is 6.14. The van der Waals surface area contributed by atoms with Crippen molar-refractivity contribution in [2.24, 2.45) is 0 Å². The number of nitrogens with one attached hydrogen (secondary N) is 1. The number of fused-ring (bicyclic) bond motifs is 1. The van der Waals surface area contributed by atoms with Gasteiger partial charge >= 0.3 is 0 Å². The minimum absolute atomic E-state index is 0.0760. The number of rotatable bonds is 2. The summed E-state index contributed by atoms with van der Waals surface area (Å²) in [6.45, 7) is 4.31. The van der Waals surface area contributed by atoms with Crippen LogP contribution < -0.4 is 10.1 Å². The van der Waals surface area contributed by atoms with Gasteiger partial charge in [0, 0.05) is 12.1 Å². The van der Waals surface area contributed by atoms with Crippen molar-refractivity contribution >= 4 is 0 Å². The maximum atomic E-state index is 6.32. The Morgan fingerprint density at radius 1 is 1.24 bits per heavy atom. The summed E-state index contributed by atoms with van der Waals surface area (Å²) in [5.74, 6) is 1.11. The third kappa shape index (κ3) is 2.19. The summed E-state index contributed by atoms with van der Waals surface area (Å²) in [4.78, 5) is 0. The molecule has 1 fully saturated rings. The summed E-state index contributed by atoms with van der Waals surface area (Å²) in [5, 5.41) is 3.44. The Balaban J connectivity index is 1.87. The Labute approximate surface area is 103 Å². The fraction of sp³-hybridized carbons (Fsp3) is 0.600. The van der Waals surface area contributed by atoms with Crippen LogP contribution in [0.2, 0.25) is 0 Å². The first-order valence-electron chi connectivity index (χ1n) is 6.77. The number of hydrogen-bond acceptors (Lipinski definition) is 2. The molecule has 1 aromatic rings. The van der Waals surface area contributed by atoms with Gasteiger partial charge in [0.15, 0.2) is 0 Å². The van der Waals surface area contributed by atoms with E-state index in [1.165, 1.54) is 36.8 Å². The second-order valence-electron chi connectivity index (χ2n) is 5.58. The third-order valence-corrected chi connectivity index (χ3v) is 4.12. The lowest BCUT2D eigenvalue weighted by atomic mass is 9.99. The van der Waals surface area contributed by atoms with E-state index in [0.717, 1.165) is 25.3 Å². The largest absolute Gasteiger partial charge is 0.487 e. The highest BCUT2D eigenvalue weighted by molar-refractivity contribution is 5.42. The summed E-state index contributed by atoms with van der Waals surface area (Å²) >= 11 is 0. The Kier molecular flexibility index (Phi) is 2.83. The van der Waals surface area contributed by atoms with E-state index in [4.69, 9.17) is 4.74 Å². The zero-order valence-corrected chi connectivity index (χ0v) is 10.6. The van der Waals surface area contributed by atoms with Crippen LogP contribution in [0.5, 0.6) is 5.75 Å². The van der Waals surface area contributed by atoms with Crippen molar-refractivity contribution in [3.8, 4) is 5.75 Å². The quantitative estimate of drug-likeness (QED) is 0.844. The van der Waals surface area contributed by atoms with Crippen LogP contribution in [-0.4, -0.2) is 12.1 Å². The lowest BCUT2D eigenvalue weighted by Crippen LogP contribution is -2.30. The van der Waals surface area contributed by atoms with Gasteiger partial charge in [0.05, 0.1) is 0 Å². The fourth-order valence-electron chi connectivity index (χ4n) is 3.07. The number of hydrogen-bond donors (Lipinski definition) is 1. The minimum Gasteiger partial charge on any atom is -0.487 e. The highest BCUT2D eigenvalue weighted by atomic mass is 16.5. The van der Waals surface area contributed by atoms with E-state index in [0.29, 0.717) is 0 Å². The first-order valence-corrected chi connectivity index (χ1v) is 6.77. The predicted octanol–water partition coefficient (Wildman–Crippen LogP) is 3.04. The Hall–Kier alpha value is -1.02. The molecule has 2 heteroatoms. The first-order chi connectivity index (χ1) is 8.27. The van der Waals surface area contributed by atoms with Gasteiger partial charge < -0.3 is 10.1 Å².